The molecule has 2 aromatic heterocycles. The summed E-state index contributed by atoms with van der Waals surface area (Å²) in [6.45, 7) is 0.387. The topological polar surface area (TPSA) is 75.1 Å². The van der Waals surface area contributed by atoms with Crippen molar-refractivity contribution in [3.05, 3.63) is 59.7 Å². The number of aliphatic hydroxyl groups excluding tert-OH is 1. The first-order valence-corrected chi connectivity index (χ1v) is 6.02. The van der Waals surface area contributed by atoms with Crippen molar-refractivity contribution < 1.29 is 9.90 Å². The molecule has 0 saturated carbocycles. The molecule has 0 radical (unpaired) electrons. The molecule has 1 amide bonds. The second-order valence-corrected chi connectivity index (χ2v) is 4.06. The molecule has 0 spiro atoms. The number of amides is 1. The lowest BCUT2D eigenvalue weighted by Crippen LogP contribution is -2.25. The minimum absolute atomic E-state index is 0.161. The predicted octanol–water partition coefficient (Wildman–Crippen LogP) is 0.941. The van der Waals surface area contributed by atoms with Gasteiger partial charge in [0, 0.05) is 30.7 Å². The Kier molecular flexibility index (Phi) is 4.58. The van der Waals surface area contributed by atoms with Gasteiger partial charge in [-0.05, 0) is 36.2 Å². The number of nitrogens with one attached hydrogen (secondary N) is 1. The lowest BCUT2D eigenvalue weighted by molar-refractivity contribution is 0.0954. The van der Waals surface area contributed by atoms with E-state index in [-0.39, 0.29) is 12.5 Å². The minimum atomic E-state index is -0.169. The SMILES string of the molecule is O=C(NCCc1ccncc1)c1ccnc(CO)c1. The predicted molar refractivity (Wildman–Crippen MR) is 70.4 cm³/mol. The molecule has 98 valence electrons. The number of nitrogens with zero attached hydrogens (tertiary/aromatic N) is 2. The van der Waals surface area contributed by atoms with Crippen LogP contribution in [-0.2, 0) is 13.0 Å². The second-order valence-electron chi connectivity index (χ2n) is 4.06. The fourth-order valence-electron chi connectivity index (χ4n) is 1.68. The Balaban J connectivity index is 1.87. The summed E-state index contributed by atoms with van der Waals surface area (Å²) in [4.78, 5) is 19.7. The van der Waals surface area contributed by atoms with Crippen LogP contribution in [0.25, 0.3) is 0 Å². The van der Waals surface area contributed by atoms with Crippen molar-refractivity contribution >= 4 is 5.91 Å². The summed E-state index contributed by atoms with van der Waals surface area (Å²) in [5.74, 6) is -0.161. The summed E-state index contributed by atoms with van der Waals surface area (Å²) in [5, 5.41) is 11.8. The third kappa shape index (κ3) is 3.86. The van der Waals surface area contributed by atoms with Crippen molar-refractivity contribution in [2.45, 2.75) is 13.0 Å². The Hall–Kier alpha value is -2.27. The number of carbonyl (C=O) groups is 1. The van der Waals surface area contributed by atoms with Crippen LogP contribution in [0.15, 0.2) is 42.9 Å². The maximum absolute atomic E-state index is 11.9. The van der Waals surface area contributed by atoms with Crippen LogP contribution in [0.1, 0.15) is 21.6 Å². The highest BCUT2D eigenvalue weighted by Gasteiger charge is 2.05. The zero-order valence-corrected chi connectivity index (χ0v) is 10.4. The first-order valence-electron chi connectivity index (χ1n) is 6.02. The molecular weight excluding hydrogens is 242 g/mol. The summed E-state index contributed by atoms with van der Waals surface area (Å²) >= 11 is 0. The first kappa shape index (κ1) is 13.2. The van der Waals surface area contributed by atoms with Crippen LogP contribution in [-0.4, -0.2) is 27.5 Å². The van der Waals surface area contributed by atoms with Gasteiger partial charge < -0.3 is 10.4 Å². The lowest BCUT2D eigenvalue weighted by atomic mass is 10.2. The Labute approximate surface area is 111 Å². The quantitative estimate of drug-likeness (QED) is 0.836. The van der Waals surface area contributed by atoms with Crippen LogP contribution >= 0.6 is 0 Å². The van der Waals surface area contributed by atoms with Crippen molar-refractivity contribution in [1.82, 2.24) is 15.3 Å². The van der Waals surface area contributed by atoms with Gasteiger partial charge in [0.2, 0.25) is 0 Å². The van der Waals surface area contributed by atoms with Gasteiger partial charge in [-0.3, -0.25) is 14.8 Å². The number of aliphatic hydroxyl groups is 1. The van der Waals surface area contributed by atoms with Gasteiger partial charge in [0.15, 0.2) is 0 Å². The van der Waals surface area contributed by atoms with Crippen LogP contribution in [0, 0.1) is 0 Å². The highest BCUT2D eigenvalue weighted by molar-refractivity contribution is 5.94. The summed E-state index contributed by atoms with van der Waals surface area (Å²) in [6, 6.07) is 7.05. The van der Waals surface area contributed by atoms with Crippen molar-refractivity contribution in [1.29, 1.82) is 0 Å². The molecule has 5 heteroatoms. The number of aromatic nitrogens is 2. The van der Waals surface area contributed by atoms with E-state index in [1.165, 1.54) is 6.20 Å². The maximum atomic E-state index is 11.9. The van der Waals surface area contributed by atoms with Gasteiger partial charge in [-0.1, -0.05) is 0 Å². The van der Waals surface area contributed by atoms with Crippen molar-refractivity contribution in [2.24, 2.45) is 0 Å². The Morgan fingerprint density at radius 2 is 2.00 bits per heavy atom. The average Bonchev–Trinajstić information content (AvgIpc) is 2.48. The maximum Gasteiger partial charge on any atom is 0.251 e. The molecule has 19 heavy (non-hydrogen) atoms. The van der Waals surface area contributed by atoms with Crippen molar-refractivity contribution in [2.75, 3.05) is 6.54 Å². The lowest BCUT2D eigenvalue weighted by Gasteiger charge is -2.06. The molecule has 0 atom stereocenters. The largest absolute Gasteiger partial charge is 0.390 e. The van der Waals surface area contributed by atoms with Crippen LogP contribution in [0.4, 0.5) is 0 Å². The van der Waals surface area contributed by atoms with E-state index in [1.54, 1.807) is 24.5 Å². The molecule has 0 fully saturated rings. The molecule has 0 aromatic carbocycles. The van der Waals surface area contributed by atoms with Crippen LogP contribution in [0.5, 0.6) is 0 Å². The number of hydrogen-bond acceptors (Lipinski definition) is 4. The molecule has 0 saturated heterocycles. The Morgan fingerprint density at radius 1 is 1.21 bits per heavy atom. The zero-order valence-electron chi connectivity index (χ0n) is 10.4. The van der Waals surface area contributed by atoms with Crippen molar-refractivity contribution in [3.8, 4) is 0 Å². The van der Waals surface area contributed by atoms with Gasteiger partial charge in [0.05, 0.1) is 12.3 Å². The molecule has 0 aliphatic rings. The monoisotopic (exact) mass is 257 g/mol. The van der Waals surface area contributed by atoms with E-state index in [1.807, 2.05) is 12.1 Å². The third-order valence-electron chi connectivity index (χ3n) is 2.69. The van der Waals surface area contributed by atoms with Crippen molar-refractivity contribution in [3.63, 3.8) is 0 Å². The molecule has 0 aliphatic heterocycles. The van der Waals surface area contributed by atoms with E-state index in [4.69, 9.17) is 5.11 Å². The molecule has 2 N–H and O–H groups in total. The van der Waals surface area contributed by atoms with E-state index in [9.17, 15) is 4.79 Å². The molecule has 2 aromatic rings. The fourth-order valence-corrected chi connectivity index (χ4v) is 1.68. The molecule has 0 aliphatic carbocycles. The molecule has 5 nitrogen and oxygen atoms in total. The fraction of sp³-hybridized carbons (Fsp3) is 0.214. The first-order chi connectivity index (χ1) is 9.29. The summed E-state index contributed by atoms with van der Waals surface area (Å²) < 4.78 is 0. The third-order valence-corrected chi connectivity index (χ3v) is 2.69. The highest BCUT2D eigenvalue weighted by Crippen LogP contribution is 2.02. The van der Waals surface area contributed by atoms with E-state index in [2.05, 4.69) is 15.3 Å². The van der Waals surface area contributed by atoms with E-state index >= 15 is 0 Å². The molecular formula is C14H15N3O2. The molecule has 0 unspecified atom stereocenters. The summed E-state index contributed by atoms with van der Waals surface area (Å²) in [5.41, 5.74) is 2.12. The Morgan fingerprint density at radius 3 is 2.74 bits per heavy atom. The van der Waals surface area contributed by atoms with E-state index in [0.29, 0.717) is 17.8 Å². The number of carbonyl (C=O) groups excluding carboxylic acids is 1. The number of rotatable bonds is 5. The average molecular weight is 257 g/mol. The number of pyridine rings is 2. The second kappa shape index (κ2) is 6.61. The van der Waals surface area contributed by atoms with Crippen LogP contribution in [0.3, 0.4) is 0 Å². The summed E-state index contributed by atoms with van der Waals surface area (Å²) in [7, 11) is 0. The van der Waals surface area contributed by atoms with Gasteiger partial charge >= 0.3 is 0 Å². The van der Waals surface area contributed by atoms with Gasteiger partial charge in [-0.25, -0.2) is 0 Å². The van der Waals surface area contributed by atoms with Gasteiger partial charge in [0.1, 0.15) is 0 Å². The normalized spacial score (nSPS) is 10.2. The van der Waals surface area contributed by atoms with E-state index in [0.717, 1.165) is 12.0 Å². The zero-order chi connectivity index (χ0) is 13.5. The Bertz CT molecular complexity index is 543. The highest BCUT2D eigenvalue weighted by atomic mass is 16.3. The van der Waals surface area contributed by atoms with Gasteiger partial charge in [-0.2, -0.15) is 0 Å². The summed E-state index contributed by atoms with van der Waals surface area (Å²) in [6.07, 6.45) is 5.73. The standard InChI is InChI=1S/C14H15N3O2/c18-10-13-9-12(4-8-16-13)14(19)17-7-3-11-1-5-15-6-2-11/h1-2,4-6,8-9,18H,3,7,10H2,(H,17,19). The smallest absolute Gasteiger partial charge is 0.251 e. The van der Waals surface area contributed by atoms with E-state index < -0.39 is 0 Å². The van der Waals surface area contributed by atoms with Crippen LogP contribution in [0.2, 0.25) is 0 Å². The molecule has 0 bridgehead atoms. The number of hydrogen-bond donors (Lipinski definition) is 2. The molecule has 2 rings (SSSR count). The van der Waals surface area contributed by atoms with Crippen LogP contribution < -0.4 is 5.32 Å². The van der Waals surface area contributed by atoms with Gasteiger partial charge in [0.25, 0.3) is 5.91 Å². The van der Waals surface area contributed by atoms with Gasteiger partial charge in [-0.15, -0.1) is 0 Å². The molecule has 2 heterocycles. The minimum Gasteiger partial charge on any atom is -0.390 e.